The fourth-order valence-corrected chi connectivity index (χ4v) is 4.71. The number of carbonyl (C=O) groups excluding carboxylic acids is 1. The first kappa shape index (κ1) is 21.2. The molecular formula is C18H15N7O5S2. The fraction of sp³-hybridized carbons (Fsp3) is 0.0556. The maximum atomic E-state index is 12.8. The number of carbonyl (C=O) groups is 1. The molecule has 12 nitrogen and oxygen atoms in total. The number of anilines is 2. The minimum atomic E-state index is -4.01. The minimum Gasteiger partial charge on any atom is -0.388 e. The zero-order valence-corrected chi connectivity index (χ0v) is 18.0. The topological polar surface area (TPSA) is 168 Å². The van der Waals surface area contributed by atoms with Crippen LogP contribution in [0.1, 0.15) is 0 Å². The monoisotopic (exact) mass is 473 g/mol. The maximum Gasteiger partial charge on any atom is 0.334 e. The molecule has 0 bridgehead atoms. The van der Waals surface area contributed by atoms with Crippen LogP contribution < -0.4 is 26.6 Å². The number of H-pyrrole nitrogens is 1. The lowest BCUT2D eigenvalue weighted by atomic mass is 10.2. The predicted molar refractivity (Wildman–Crippen MR) is 119 cm³/mol. The molecule has 0 radical (unpaired) electrons. The number of benzene rings is 1. The van der Waals surface area contributed by atoms with E-state index in [1.807, 2.05) is 4.72 Å². The summed E-state index contributed by atoms with van der Waals surface area (Å²) < 4.78 is 26.8. The van der Waals surface area contributed by atoms with Crippen molar-refractivity contribution < 1.29 is 13.2 Å². The number of thiophene rings is 1. The summed E-state index contributed by atoms with van der Waals surface area (Å²) in [5, 5.41) is 6.98. The van der Waals surface area contributed by atoms with E-state index in [1.165, 1.54) is 12.1 Å². The van der Waals surface area contributed by atoms with Gasteiger partial charge in [-0.2, -0.15) is 0 Å². The van der Waals surface area contributed by atoms with Gasteiger partial charge in [0.15, 0.2) is 11.6 Å². The fourth-order valence-electron chi connectivity index (χ4n) is 2.81. The molecule has 0 saturated heterocycles. The van der Waals surface area contributed by atoms with E-state index in [1.54, 1.807) is 30.6 Å². The smallest absolute Gasteiger partial charge is 0.334 e. The van der Waals surface area contributed by atoms with Crippen molar-refractivity contribution in [1.29, 1.82) is 0 Å². The number of nitrogens with zero attached hydrogens (tertiary/aromatic N) is 3. The lowest BCUT2D eigenvalue weighted by Gasteiger charge is -2.09. The highest BCUT2D eigenvalue weighted by Crippen LogP contribution is 2.16. The molecular weight excluding hydrogens is 458 g/mol. The highest BCUT2D eigenvalue weighted by Gasteiger charge is 2.19. The summed E-state index contributed by atoms with van der Waals surface area (Å²) >= 11 is 0.956. The van der Waals surface area contributed by atoms with Crippen molar-refractivity contribution >= 4 is 49.8 Å². The number of nitrogens with one attached hydrogen (secondary N) is 4. The van der Waals surface area contributed by atoms with Gasteiger partial charge < -0.3 is 10.3 Å². The van der Waals surface area contributed by atoms with Gasteiger partial charge in [-0.25, -0.2) is 37.3 Å². The third-order valence-corrected chi connectivity index (χ3v) is 7.01. The number of rotatable bonds is 5. The Hall–Kier alpha value is -4.04. The van der Waals surface area contributed by atoms with Crippen LogP contribution in [0.2, 0.25) is 0 Å². The molecule has 4 aromatic rings. The number of fused-ring (bicyclic) bond motifs is 1. The third kappa shape index (κ3) is 4.08. The highest BCUT2D eigenvalue weighted by molar-refractivity contribution is 7.92. The first-order valence-electron chi connectivity index (χ1n) is 8.95. The average molecular weight is 473 g/mol. The van der Waals surface area contributed by atoms with Gasteiger partial charge in [-0.3, -0.25) is 10.1 Å². The second-order valence-electron chi connectivity index (χ2n) is 6.33. The molecule has 2 amide bonds. The minimum absolute atomic E-state index is 0.0224. The number of urea groups is 1. The van der Waals surface area contributed by atoms with Gasteiger partial charge >= 0.3 is 11.7 Å². The van der Waals surface area contributed by atoms with Crippen molar-refractivity contribution in [2.24, 2.45) is 0 Å². The SMILES string of the molecule is CNc1ccc2c(=O)n(-c3cnc(NC(=O)NS(=O)(=O)c4cccs4)cn3)c(=O)[nH]c2c1. The summed E-state index contributed by atoms with van der Waals surface area (Å²) in [6.45, 7) is 0. The van der Waals surface area contributed by atoms with Gasteiger partial charge in [0.05, 0.1) is 23.3 Å². The number of hydrogen-bond donors (Lipinski definition) is 4. The molecule has 0 fully saturated rings. The molecule has 0 atom stereocenters. The molecule has 14 heteroatoms. The molecule has 0 unspecified atom stereocenters. The van der Waals surface area contributed by atoms with Gasteiger partial charge in [-0.1, -0.05) is 6.07 Å². The van der Waals surface area contributed by atoms with Gasteiger partial charge in [-0.05, 0) is 29.6 Å². The van der Waals surface area contributed by atoms with Gasteiger partial charge in [0.25, 0.3) is 15.6 Å². The van der Waals surface area contributed by atoms with Crippen LogP contribution in [0, 0.1) is 0 Å². The van der Waals surface area contributed by atoms with Crippen molar-refractivity contribution in [3.05, 3.63) is 68.9 Å². The number of sulfonamides is 1. The number of hydrogen-bond acceptors (Lipinski definition) is 9. The Balaban J connectivity index is 1.58. The van der Waals surface area contributed by atoms with E-state index in [0.717, 1.165) is 34.0 Å². The standard InChI is InChI=1S/C18H15N7O5S2/c1-19-10-4-5-11-12(7-10)22-18(28)25(16(11)26)14-9-20-13(8-21-14)23-17(27)24-32(29,30)15-3-2-6-31-15/h2-9,19H,1H3,(H,22,28)(H2,20,23,24,27). The van der Waals surface area contributed by atoms with Gasteiger partial charge in [0, 0.05) is 12.7 Å². The number of aromatic nitrogens is 4. The van der Waals surface area contributed by atoms with E-state index in [4.69, 9.17) is 0 Å². The molecule has 0 saturated carbocycles. The normalized spacial score (nSPS) is 11.3. The molecule has 0 aliphatic carbocycles. The zero-order chi connectivity index (χ0) is 22.9. The molecule has 0 spiro atoms. The van der Waals surface area contributed by atoms with Crippen LogP contribution in [0.4, 0.5) is 16.3 Å². The van der Waals surface area contributed by atoms with Crippen molar-refractivity contribution in [3.8, 4) is 5.82 Å². The predicted octanol–water partition coefficient (Wildman–Crippen LogP) is 1.08. The second kappa shape index (κ2) is 8.24. The Kier molecular flexibility index (Phi) is 5.46. The van der Waals surface area contributed by atoms with E-state index in [2.05, 4.69) is 25.6 Å². The summed E-state index contributed by atoms with van der Waals surface area (Å²) in [7, 11) is -2.30. The summed E-state index contributed by atoms with van der Waals surface area (Å²) in [4.78, 5) is 47.8. The van der Waals surface area contributed by atoms with Crippen LogP contribution in [0.3, 0.4) is 0 Å². The lowest BCUT2D eigenvalue weighted by Crippen LogP contribution is -2.35. The molecule has 3 heterocycles. The van der Waals surface area contributed by atoms with E-state index in [0.29, 0.717) is 5.52 Å². The van der Waals surface area contributed by atoms with Crippen LogP contribution in [0.25, 0.3) is 16.7 Å². The molecule has 4 N–H and O–H groups in total. The van der Waals surface area contributed by atoms with Crippen LogP contribution >= 0.6 is 11.3 Å². The Bertz CT molecular complexity index is 1520. The third-order valence-electron chi connectivity index (χ3n) is 4.28. The van der Waals surface area contributed by atoms with Crippen LogP contribution in [0.5, 0.6) is 0 Å². The van der Waals surface area contributed by atoms with Crippen molar-refractivity contribution in [2.45, 2.75) is 4.21 Å². The Labute approximate surface area is 184 Å². The van der Waals surface area contributed by atoms with Crippen molar-refractivity contribution in [2.75, 3.05) is 17.7 Å². The van der Waals surface area contributed by atoms with Crippen molar-refractivity contribution in [1.82, 2.24) is 24.2 Å². The summed E-state index contributed by atoms with van der Waals surface area (Å²) in [6, 6.07) is 6.74. The first-order valence-corrected chi connectivity index (χ1v) is 11.3. The first-order chi connectivity index (χ1) is 15.3. The highest BCUT2D eigenvalue weighted by atomic mass is 32.2. The molecule has 0 aliphatic rings. The summed E-state index contributed by atoms with van der Waals surface area (Å²) in [5.41, 5.74) is -0.232. The quantitative estimate of drug-likeness (QED) is 0.334. The van der Waals surface area contributed by atoms with Gasteiger partial charge in [-0.15, -0.1) is 11.3 Å². The Morgan fingerprint density at radius 1 is 1.16 bits per heavy atom. The number of aromatic amines is 1. The van der Waals surface area contributed by atoms with Crippen LogP contribution in [0.15, 0.2) is 61.9 Å². The van der Waals surface area contributed by atoms with Gasteiger partial charge in [0.1, 0.15) is 4.21 Å². The van der Waals surface area contributed by atoms with E-state index in [9.17, 15) is 22.8 Å². The second-order valence-corrected chi connectivity index (χ2v) is 9.19. The molecule has 1 aromatic carbocycles. The number of amides is 2. The van der Waals surface area contributed by atoms with Crippen LogP contribution in [-0.4, -0.2) is 41.0 Å². The van der Waals surface area contributed by atoms with Gasteiger partial charge in [0.2, 0.25) is 0 Å². The van der Waals surface area contributed by atoms with E-state index >= 15 is 0 Å². The Morgan fingerprint density at radius 3 is 2.62 bits per heavy atom. The largest absolute Gasteiger partial charge is 0.388 e. The molecule has 3 aromatic heterocycles. The van der Waals surface area contributed by atoms with E-state index in [-0.39, 0.29) is 21.2 Å². The Morgan fingerprint density at radius 2 is 1.97 bits per heavy atom. The van der Waals surface area contributed by atoms with Crippen LogP contribution in [-0.2, 0) is 10.0 Å². The van der Waals surface area contributed by atoms with Crippen molar-refractivity contribution in [3.63, 3.8) is 0 Å². The maximum absolute atomic E-state index is 12.8. The zero-order valence-electron chi connectivity index (χ0n) is 16.3. The molecule has 4 rings (SSSR count). The molecule has 0 aliphatic heterocycles. The summed E-state index contributed by atoms with van der Waals surface area (Å²) in [6.07, 6.45) is 2.20. The molecule has 164 valence electrons. The molecule has 32 heavy (non-hydrogen) atoms. The lowest BCUT2D eigenvalue weighted by molar-refractivity contribution is 0.256. The average Bonchev–Trinajstić information content (AvgIpc) is 3.30. The summed E-state index contributed by atoms with van der Waals surface area (Å²) in [5.74, 6) is -0.162. The van der Waals surface area contributed by atoms with E-state index < -0.39 is 27.3 Å².